The van der Waals surface area contributed by atoms with Crippen molar-refractivity contribution in [1.82, 2.24) is 0 Å². The van der Waals surface area contributed by atoms with E-state index in [2.05, 4.69) is 76.9 Å². The van der Waals surface area contributed by atoms with Gasteiger partial charge in [0, 0.05) is 23.2 Å². The number of alkyl halides is 2. The van der Waals surface area contributed by atoms with E-state index in [-0.39, 0.29) is 11.0 Å². The molecule has 0 saturated heterocycles. The highest BCUT2D eigenvalue weighted by molar-refractivity contribution is 9.09. The maximum Gasteiger partial charge on any atom is 0.0623 e. The highest BCUT2D eigenvalue weighted by Gasteiger charge is 2.32. The third-order valence-corrected chi connectivity index (χ3v) is 6.05. The Morgan fingerprint density at radius 1 is 1.11 bits per heavy atom. The normalized spacial score (nSPS) is 12.7. The third kappa shape index (κ3) is 4.57. The number of halogens is 2. The average Bonchev–Trinajstić information content (AvgIpc) is 2.41. The summed E-state index contributed by atoms with van der Waals surface area (Å²) in [7, 11) is 1.79. The zero-order valence-corrected chi connectivity index (χ0v) is 15.5. The molecule has 0 saturated carbocycles. The van der Waals surface area contributed by atoms with Gasteiger partial charge in [0.05, 0.1) is 5.60 Å². The highest BCUT2D eigenvalue weighted by Crippen LogP contribution is 2.36. The van der Waals surface area contributed by atoms with Gasteiger partial charge in [0.2, 0.25) is 0 Å². The Kier molecular flexibility index (Phi) is 6.55. The molecule has 1 aromatic carbocycles. The zero-order chi connectivity index (χ0) is 14.5. The molecule has 0 fully saturated rings. The van der Waals surface area contributed by atoms with Gasteiger partial charge in [-0.2, -0.15) is 0 Å². The van der Waals surface area contributed by atoms with E-state index >= 15 is 0 Å². The Morgan fingerprint density at radius 3 is 2.21 bits per heavy atom. The average molecular weight is 392 g/mol. The maximum absolute atomic E-state index is 5.55. The summed E-state index contributed by atoms with van der Waals surface area (Å²) in [6.45, 7) is 6.45. The molecule has 0 aromatic heterocycles. The van der Waals surface area contributed by atoms with Crippen molar-refractivity contribution in [2.24, 2.45) is 0 Å². The fourth-order valence-electron chi connectivity index (χ4n) is 2.09. The molecular weight excluding hydrogens is 368 g/mol. The molecule has 1 aromatic rings. The molecule has 0 spiro atoms. The van der Waals surface area contributed by atoms with Crippen molar-refractivity contribution in [3.8, 4) is 0 Å². The molecular formula is C16H24Br2O. The van der Waals surface area contributed by atoms with Gasteiger partial charge in [0.15, 0.2) is 0 Å². The summed E-state index contributed by atoms with van der Waals surface area (Å²) in [5, 5.41) is 1.91. The molecule has 1 nitrogen and oxygen atoms in total. The molecule has 0 atom stereocenters. The van der Waals surface area contributed by atoms with Crippen molar-refractivity contribution in [2.75, 3.05) is 17.8 Å². The number of ether oxygens (including phenoxy) is 1. The van der Waals surface area contributed by atoms with Gasteiger partial charge in [0.25, 0.3) is 0 Å². The molecule has 108 valence electrons. The standard InChI is InChI=1S/C16H24Br2O/c1-13-6-5-7-14(10-13)16(11-17,12-18)9-8-15(2,3)19-4/h5-7,10H,8-9,11-12H2,1-4H3. The summed E-state index contributed by atoms with van der Waals surface area (Å²) in [6.07, 6.45) is 2.13. The predicted molar refractivity (Wildman–Crippen MR) is 90.8 cm³/mol. The van der Waals surface area contributed by atoms with Gasteiger partial charge < -0.3 is 4.74 Å². The number of methoxy groups -OCH3 is 1. The van der Waals surface area contributed by atoms with Crippen LogP contribution in [0.15, 0.2) is 24.3 Å². The quantitative estimate of drug-likeness (QED) is 0.578. The molecule has 1 rings (SSSR count). The van der Waals surface area contributed by atoms with E-state index in [1.807, 2.05) is 0 Å². The maximum atomic E-state index is 5.55. The molecule has 0 aliphatic heterocycles. The Morgan fingerprint density at radius 2 is 1.74 bits per heavy atom. The second-order valence-corrected chi connectivity index (χ2v) is 7.00. The van der Waals surface area contributed by atoms with Gasteiger partial charge in [-0.3, -0.25) is 0 Å². The van der Waals surface area contributed by atoms with Crippen molar-refractivity contribution in [3.63, 3.8) is 0 Å². The predicted octanol–water partition coefficient (Wildman–Crippen LogP) is 5.23. The fraction of sp³-hybridized carbons (Fsp3) is 0.625. The minimum absolute atomic E-state index is 0.0700. The third-order valence-electron chi connectivity index (χ3n) is 3.90. The SMILES string of the molecule is COC(C)(C)CCC(CBr)(CBr)c1cccc(C)c1. The minimum Gasteiger partial charge on any atom is -0.379 e. The van der Waals surface area contributed by atoms with E-state index in [1.165, 1.54) is 11.1 Å². The molecule has 0 radical (unpaired) electrons. The Bertz CT molecular complexity index is 397. The Labute approximate surface area is 134 Å². The van der Waals surface area contributed by atoms with Gasteiger partial charge in [-0.05, 0) is 39.2 Å². The van der Waals surface area contributed by atoms with Crippen LogP contribution in [0.25, 0.3) is 0 Å². The van der Waals surface area contributed by atoms with E-state index < -0.39 is 0 Å². The summed E-state index contributed by atoms with van der Waals surface area (Å²) in [6, 6.07) is 8.82. The van der Waals surface area contributed by atoms with Crippen LogP contribution >= 0.6 is 31.9 Å². The molecule has 19 heavy (non-hydrogen) atoms. The lowest BCUT2D eigenvalue weighted by Crippen LogP contribution is -2.34. The monoisotopic (exact) mass is 390 g/mol. The number of rotatable bonds is 7. The van der Waals surface area contributed by atoms with Gasteiger partial charge in [0.1, 0.15) is 0 Å². The molecule has 0 amide bonds. The van der Waals surface area contributed by atoms with Crippen molar-refractivity contribution in [3.05, 3.63) is 35.4 Å². The van der Waals surface area contributed by atoms with Crippen molar-refractivity contribution < 1.29 is 4.74 Å². The van der Waals surface area contributed by atoms with Gasteiger partial charge >= 0.3 is 0 Å². The number of hydrogen-bond donors (Lipinski definition) is 0. The summed E-state index contributed by atoms with van der Waals surface area (Å²) in [5.41, 5.74) is 2.77. The molecule has 0 aliphatic rings. The van der Waals surface area contributed by atoms with E-state index in [9.17, 15) is 0 Å². The minimum atomic E-state index is -0.0700. The van der Waals surface area contributed by atoms with Crippen molar-refractivity contribution in [2.45, 2.75) is 44.6 Å². The van der Waals surface area contributed by atoms with Crippen LogP contribution in [0.5, 0.6) is 0 Å². The molecule has 0 aliphatic carbocycles. The fourth-order valence-corrected chi connectivity index (χ4v) is 4.22. The zero-order valence-electron chi connectivity index (χ0n) is 12.3. The van der Waals surface area contributed by atoms with Gasteiger partial charge in [-0.25, -0.2) is 0 Å². The van der Waals surface area contributed by atoms with Crippen molar-refractivity contribution in [1.29, 1.82) is 0 Å². The number of aryl methyl sites for hydroxylation is 1. The van der Waals surface area contributed by atoms with Crippen LogP contribution in [-0.2, 0) is 10.2 Å². The first-order chi connectivity index (χ1) is 8.89. The molecule has 0 unspecified atom stereocenters. The second-order valence-electron chi connectivity index (χ2n) is 5.88. The first-order valence-electron chi connectivity index (χ1n) is 6.63. The molecule has 3 heteroatoms. The van der Waals surface area contributed by atoms with E-state index in [4.69, 9.17) is 4.74 Å². The molecule has 0 bridgehead atoms. The van der Waals surface area contributed by atoms with Crippen LogP contribution in [0, 0.1) is 6.92 Å². The van der Waals surface area contributed by atoms with E-state index in [1.54, 1.807) is 7.11 Å². The van der Waals surface area contributed by atoms with E-state index in [0.717, 1.165) is 23.5 Å². The lowest BCUT2D eigenvalue weighted by atomic mass is 9.78. The lowest BCUT2D eigenvalue weighted by molar-refractivity contribution is 0.0102. The van der Waals surface area contributed by atoms with Crippen LogP contribution < -0.4 is 0 Å². The first kappa shape index (κ1) is 17.2. The Balaban J connectivity index is 2.97. The van der Waals surface area contributed by atoms with Crippen molar-refractivity contribution >= 4 is 31.9 Å². The molecule has 0 heterocycles. The van der Waals surface area contributed by atoms with Crippen LogP contribution in [0.3, 0.4) is 0 Å². The van der Waals surface area contributed by atoms with Crippen LogP contribution in [0.4, 0.5) is 0 Å². The van der Waals surface area contributed by atoms with Gasteiger partial charge in [-0.15, -0.1) is 0 Å². The number of hydrogen-bond acceptors (Lipinski definition) is 1. The topological polar surface area (TPSA) is 9.23 Å². The summed E-state index contributed by atoms with van der Waals surface area (Å²) in [4.78, 5) is 0. The summed E-state index contributed by atoms with van der Waals surface area (Å²) >= 11 is 7.43. The second kappa shape index (κ2) is 7.24. The molecule has 0 N–H and O–H groups in total. The summed E-state index contributed by atoms with van der Waals surface area (Å²) in [5.74, 6) is 0. The van der Waals surface area contributed by atoms with Crippen LogP contribution in [0.1, 0.15) is 37.8 Å². The van der Waals surface area contributed by atoms with Crippen LogP contribution in [0.2, 0.25) is 0 Å². The smallest absolute Gasteiger partial charge is 0.0623 e. The highest BCUT2D eigenvalue weighted by atomic mass is 79.9. The van der Waals surface area contributed by atoms with Gasteiger partial charge in [-0.1, -0.05) is 61.7 Å². The summed E-state index contributed by atoms with van der Waals surface area (Å²) < 4.78 is 5.55. The lowest BCUT2D eigenvalue weighted by Gasteiger charge is -2.34. The number of benzene rings is 1. The van der Waals surface area contributed by atoms with E-state index in [0.29, 0.717) is 0 Å². The Hall–Kier alpha value is 0.140. The van der Waals surface area contributed by atoms with Crippen LogP contribution in [-0.4, -0.2) is 23.4 Å². The largest absolute Gasteiger partial charge is 0.379 e. The first-order valence-corrected chi connectivity index (χ1v) is 8.88.